The van der Waals surface area contributed by atoms with Crippen molar-refractivity contribution in [2.45, 2.75) is 31.6 Å². The first-order valence-electron chi connectivity index (χ1n) is 8.33. The molecule has 2 aliphatic rings. The maximum atomic E-state index is 9.37. The highest BCUT2D eigenvalue weighted by Crippen LogP contribution is 2.39. The number of nitrogens with zero attached hydrogens (tertiary/aromatic N) is 4. The highest BCUT2D eigenvalue weighted by Gasteiger charge is 2.25. The van der Waals surface area contributed by atoms with E-state index >= 15 is 0 Å². The molecule has 2 fully saturated rings. The van der Waals surface area contributed by atoms with Gasteiger partial charge in [0.25, 0.3) is 0 Å². The standard InChI is InChI=1S/C16H22N6O/c23-10-11-2-1-7-22(9-11)16-17-6-5-14(19-16)18-15-8-13(20-21-15)12-3-4-12/h5-6,8,11-12,23H,1-4,7,9-10H2,(H2,17,18,19,20,21)/t11-/m1/s1. The zero-order chi connectivity index (χ0) is 15.6. The van der Waals surface area contributed by atoms with Gasteiger partial charge in [-0.3, -0.25) is 5.10 Å². The lowest BCUT2D eigenvalue weighted by atomic mass is 9.99. The van der Waals surface area contributed by atoms with Crippen LogP contribution in [0.5, 0.6) is 0 Å². The number of rotatable bonds is 5. The summed E-state index contributed by atoms with van der Waals surface area (Å²) in [5.41, 5.74) is 1.20. The summed E-state index contributed by atoms with van der Waals surface area (Å²) in [7, 11) is 0. The number of aromatic amines is 1. The van der Waals surface area contributed by atoms with Gasteiger partial charge in [-0.25, -0.2) is 4.98 Å². The summed E-state index contributed by atoms with van der Waals surface area (Å²) in [5, 5.41) is 20.0. The summed E-state index contributed by atoms with van der Waals surface area (Å²) in [5.74, 6) is 3.23. The highest BCUT2D eigenvalue weighted by molar-refractivity contribution is 5.53. The van der Waals surface area contributed by atoms with Crippen molar-refractivity contribution in [2.24, 2.45) is 5.92 Å². The third-order valence-corrected chi connectivity index (χ3v) is 4.57. The number of piperidine rings is 1. The number of aliphatic hydroxyl groups excluding tert-OH is 1. The summed E-state index contributed by atoms with van der Waals surface area (Å²) in [4.78, 5) is 11.1. The maximum absolute atomic E-state index is 9.37. The van der Waals surface area contributed by atoms with Crippen molar-refractivity contribution < 1.29 is 5.11 Å². The van der Waals surface area contributed by atoms with Crippen molar-refractivity contribution in [3.63, 3.8) is 0 Å². The van der Waals surface area contributed by atoms with Gasteiger partial charge in [-0.1, -0.05) is 0 Å². The van der Waals surface area contributed by atoms with Crippen LogP contribution in [0.4, 0.5) is 17.6 Å². The number of anilines is 3. The molecule has 1 atom stereocenters. The van der Waals surface area contributed by atoms with E-state index in [0.717, 1.165) is 37.6 Å². The summed E-state index contributed by atoms with van der Waals surface area (Å²) in [6, 6.07) is 3.91. The molecule has 0 spiro atoms. The fourth-order valence-electron chi connectivity index (χ4n) is 3.10. The molecule has 0 aromatic carbocycles. The van der Waals surface area contributed by atoms with Gasteiger partial charge in [0.05, 0.1) is 0 Å². The molecule has 2 aromatic rings. The van der Waals surface area contributed by atoms with Crippen LogP contribution in [0.15, 0.2) is 18.3 Å². The van der Waals surface area contributed by atoms with Crippen LogP contribution >= 0.6 is 0 Å². The molecule has 4 rings (SSSR count). The number of hydrogen-bond acceptors (Lipinski definition) is 6. The monoisotopic (exact) mass is 314 g/mol. The van der Waals surface area contributed by atoms with E-state index in [9.17, 15) is 5.11 Å². The Balaban J connectivity index is 1.46. The van der Waals surface area contributed by atoms with Crippen molar-refractivity contribution >= 4 is 17.6 Å². The Morgan fingerprint density at radius 1 is 1.30 bits per heavy atom. The molecule has 1 saturated heterocycles. The summed E-state index contributed by atoms with van der Waals surface area (Å²) in [6.45, 7) is 1.98. The molecule has 1 aliphatic carbocycles. The van der Waals surface area contributed by atoms with Crippen LogP contribution in [0, 0.1) is 5.92 Å². The number of hydrogen-bond donors (Lipinski definition) is 3. The molecule has 2 aromatic heterocycles. The quantitative estimate of drug-likeness (QED) is 0.782. The third kappa shape index (κ3) is 3.29. The van der Waals surface area contributed by atoms with E-state index in [1.165, 1.54) is 18.5 Å². The van der Waals surface area contributed by atoms with Crippen LogP contribution in [0.25, 0.3) is 0 Å². The third-order valence-electron chi connectivity index (χ3n) is 4.57. The van der Waals surface area contributed by atoms with Gasteiger partial charge < -0.3 is 15.3 Å². The number of H-pyrrole nitrogens is 1. The zero-order valence-corrected chi connectivity index (χ0v) is 13.1. The number of aromatic nitrogens is 4. The summed E-state index contributed by atoms with van der Waals surface area (Å²) >= 11 is 0. The van der Waals surface area contributed by atoms with Crippen LogP contribution in [0.2, 0.25) is 0 Å². The Hall–Kier alpha value is -2.15. The van der Waals surface area contributed by atoms with E-state index < -0.39 is 0 Å². The Labute approximate surface area is 135 Å². The second kappa shape index (κ2) is 6.16. The van der Waals surface area contributed by atoms with E-state index in [2.05, 4.69) is 36.4 Å². The highest BCUT2D eigenvalue weighted by atomic mass is 16.3. The lowest BCUT2D eigenvalue weighted by molar-refractivity contribution is 0.208. The van der Waals surface area contributed by atoms with E-state index in [1.807, 2.05) is 6.07 Å². The Morgan fingerprint density at radius 2 is 2.22 bits per heavy atom. The molecule has 7 heteroatoms. The molecule has 0 amide bonds. The largest absolute Gasteiger partial charge is 0.396 e. The molecule has 3 N–H and O–H groups in total. The maximum Gasteiger partial charge on any atom is 0.227 e. The molecule has 0 bridgehead atoms. The number of nitrogens with one attached hydrogen (secondary N) is 2. The molecule has 0 unspecified atom stereocenters. The van der Waals surface area contributed by atoms with Gasteiger partial charge in [0.1, 0.15) is 5.82 Å². The van der Waals surface area contributed by atoms with Crippen molar-refractivity contribution in [2.75, 3.05) is 29.9 Å². The van der Waals surface area contributed by atoms with E-state index in [4.69, 9.17) is 0 Å². The topological polar surface area (TPSA) is 90.0 Å². The van der Waals surface area contributed by atoms with Gasteiger partial charge in [0.2, 0.25) is 5.95 Å². The number of aliphatic hydroxyl groups is 1. The second-order valence-electron chi connectivity index (χ2n) is 6.49. The van der Waals surface area contributed by atoms with E-state index in [1.54, 1.807) is 6.20 Å². The van der Waals surface area contributed by atoms with Gasteiger partial charge >= 0.3 is 0 Å². The molecule has 7 nitrogen and oxygen atoms in total. The van der Waals surface area contributed by atoms with Crippen LogP contribution in [-0.2, 0) is 0 Å². The molecule has 23 heavy (non-hydrogen) atoms. The van der Waals surface area contributed by atoms with Gasteiger partial charge in [-0.05, 0) is 37.7 Å². The normalized spacial score (nSPS) is 21.4. The predicted octanol–water partition coefficient (Wildman–Crippen LogP) is 2.03. The molecule has 1 aliphatic heterocycles. The molecule has 3 heterocycles. The molecule has 0 radical (unpaired) electrons. The van der Waals surface area contributed by atoms with E-state index in [-0.39, 0.29) is 6.61 Å². The SMILES string of the molecule is OC[C@@H]1CCCN(c2nccc(Nc3cc(C4CC4)[nH]n3)n2)C1. The van der Waals surface area contributed by atoms with Gasteiger partial charge in [0, 0.05) is 43.6 Å². The first-order chi connectivity index (χ1) is 11.3. The van der Waals surface area contributed by atoms with Crippen LogP contribution in [0.3, 0.4) is 0 Å². The molecular formula is C16H22N6O. The first-order valence-corrected chi connectivity index (χ1v) is 8.33. The molecule has 122 valence electrons. The lowest BCUT2D eigenvalue weighted by Gasteiger charge is -2.31. The van der Waals surface area contributed by atoms with Crippen LogP contribution in [-0.4, -0.2) is 45.0 Å². The van der Waals surface area contributed by atoms with Crippen LogP contribution in [0.1, 0.15) is 37.3 Å². The van der Waals surface area contributed by atoms with Gasteiger partial charge in [0.15, 0.2) is 5.82 Å². The fourth-order valence-corrected chi connectivity index (χ4v) is 3.10. The van der Waals surface area contributed by atoms with Gasteiger partial charge in [-0.2, -0.15) is 10.1 Å². The van der Waals surface area contributed by atoms with Crippen molar-refractivity contribution in [3.8, 4) is 0 Å². The van der Waals surface area contributed by atoms with E-state index in [0.29, 0.717) is 17.8 Å². The minimum atomic E-state index is 0.228. The fraction of sp³-hybridized carbons (Fsp3) is 0.562. The van der Waals surface area contributed by atoms with Crippen molar-refractivity contribution in [1.29, 1.82) is 0 Å². The minimum absolute atomic E-state index is 0.228. The Bertz CT molecular complexity index is 668. The second-order valence-corrected chi connectivity index (χ2v) is 6.49. The minimum Gasteiger partial charge on any atom is -0.396 e. The first kappa shape index (κ1) is 14.4. The average molecular weight is 314 g/mol. The van der Waals surface area contributed by atoms with Crippen molar-refractivity contribution in [1.82, 2.24) is 20.2 Å². The predicted molar refractivity (Wildman–Crippen MR) is 87.9 cm³/mol. The lowest BCUT2D eigenvalue weighted by Crippen LogP contribution is -2.37. The molecular weight excluding hydrogens is 292 g/mol. The Morgan fingerprint density at radius 3 is 3.04 bits per heavy atom. The summed E-state index contributed by atoms with van der Waals surface area (Å²) in [6.07, 6.45) is 6.40. The smallest absolute Gasteiger partial charge is 0.227 e. The Kier molecular flexibility index (Phi) is 3.87. The van der Waals surface area contributed by atoms with Crippen LogP contribution < -0.4 is 10.2 Å². The van der Waals surface area contributed by atoms with Gasteiger partial charge in [-0.15, -0.1) is 0 Å². The molecule has 1 saturated carbocycles. The zero-order valence-electron chi connectivity index (χ0n) is 13.1. The average Bonchev–Trinajstić information content (AvgIpc) is 3.35. The summed E-state index contributed by atoms with van der Waals surface area (Å²) < 4.78 is 0. The van der Waals surface area contributed by atoms with Crippen molar-refractivity contribution in [3.05, 3.63) is 24.0 Å².